The number of ether oxygens (including phenoxy) is 4. The number of ketones is 1. The maximum absolute atomic E-state index is 14.3. The van der Waals surface area contributed by atoms with Gasteiger partial charge in [-0.15, -0.1) is 0 Å². The van der Waals surface area contributed by atoms with Crippen molar-refractivity contribution in [1.29, 1.82) is 0 Å². The van der Waals surface area contributed by atoms with Crippen molar-refractivity contribution in [2.45, 2.75) is 32.8 Å². The third-order valence-corrected chi connectivity index (χ3v) is 9.14. The van der Waals surface area contributed by atoms with Crippen LogP contribution in [0.2, 0.25) is 0 Å². The molecule has 0 aliphatic rings. The molecule has 6 nitrogen and oxygen atoms in total. The van der Waals surface area contributed by atoms with Gasteiger partial charge in [0.15, 0.2) is 17.3 Å². The fourth-order valence-corrected chi connectivity index (χ4v) is 6.17. The number of carbonyl (C=O) groups is 1. The quantitative estimate of drug-likeness (QED) is 0.0569. The molecule has 0 fully saturated rings. The highest BCUT2D eigenvalue weighted by atomic mass is 16.5. The molecule has 0 bridgehead atoms. The summed E-state index contributed by atoms with van der Waals surface area (Å²) in [7, 11) is 0. The third-order valence-electron chi connectivity index (χ3n) is 9.14. The summed E-state index contributed by atoms with van der Waals surface area (Å²) in [6.07, 6.45) is 3.49. The number of allylic oxidation sites excluding steroid dienone is 1. The Morgan fingerprint density at radius 3 is 1.34 bits per heavy atom. The van der Waals surface area contributed by atoms with Gasteiger partial charge in [-0.2, -0.15) is 0 Å². The summed E-state index contributed by atoms with van der Waals surface area (Å²) in [6, 6.07) is 56.4. The molecule has 7 aromatic carbocycles. The summed E-state index contributed by atoms with van der Waals surface area (Å²) < 4.78 is 25.2. The van der Waals surface area contributed by atoms with Gasteiger partial charge in [0.25, 0.3) is 0 Å². The summed E-state index contributed by atoms with van der Waals surface area (Å²) in [6.45, 7) is 1.17. The van der Waals surface area contributed by atoms with Gasteiger partial charge in [0.2, 0.25) is 0 Å². The molecule has 0 saturated carbocycles. The Bertz CT molecular complexity index is 2340. The van der Waals surface area contributed by atoms with E-state index in [2.05, 4.69) is 0 Å². The van der Waals surface area contributed by atoms with Crippen molar-refractivity contribution < 1.29 is 28.8 Å². The Morgan fingerprint density at radius 2 is 0.857 bits per heavy atom. The van der Waals surface area contributed by atoms with Crippen LogP contribution in [0.3, 0.4) is 0 Å². The maximum Gasteiger partial charge on any atom is 0.193 e. The van der Waals surface area contributed by atoms with E-state index < -0.39 is 5.78 Å². The normalized spacial score (nSPS) is 10.9. The first-order valence-electron chi connectivity index (χ1n) is 18.5. The molecule has 278 valence electrons. The molecule has 6 heteroatoms. The highest BCUT2D eigenvalue weighted by Gasteiger charge is 2.24. The molecule has 0 spiro atoms. The molecule has 0 aromatic heterocycles. The number of hydrogen-bond acceptors (Lipinski definition) is 6. The van der Waals surface area contributed by atoms with Gasteiger partial charge >= 0.3 is 0 Å². The number of carbonyl (C=O) groups excluding carboxylic acids is 1. The molecule has 1 N–H and O–H groups in total. The van der Waals surface area contributed by atoms with Crippen molar-refractivity contribution in [1.82, 2.24) is 0 Å². The fraction of sp³-hybridized carbons (Fsp3) is 0.100. The van der Waals surface area contributed by atoms with Crippen molar-refractivity contribution in [3.63, 3.8) is 0 Å². The van der Waals surface area contributed by atoms with E-state index in [-0.39, 0.29) is 30.3 Å². The minimum absolute atomic E-state index is 0.0542. The van der Waals surface area contributed by atoms with Crippen LogP contribution >= 0.6 is 0 Å². The predicted octanol–water partition coefficient (Wildman–Crippen LogP) is 11.2. The standard InChI is InChI=1S/C50H42O6/c51-44(28-26-38-27-29-45(53-33-39-18-8-2-9-19-39)47(31-38)55-35-41-22-12-4-13-23-41)49-48(56-36-42-24-14-5-15-25-42)32-46(54-34-40-20-10-3-11-21-40)43(50(49)52)30-37-16-6-1-7-17-37/h1-29,31-32,52H,30,33-36H2/b28-26+/i44+1. The SMILES string of the molecule is O=[13C](/C=C/c1ccc(OCc2ccccc2)c(OCc2ccccc2)c1)c1c(OCc2ccccc2)cc(OCc2ccccc2)c(Cc2ccccc2)c1O. The summed E-state index contributed by atoms with van der Waals surface area (Å²) in [5.74, 6) is 1.17. The Morgan fingerprint density at radius 1 is 0.446 bits per heavy atom. The van der Waals surface area contributed by atoms with Crippen LogP contribution in [0.1, 0.15) is 49.3 Å². The lowest BCUT2D eigenvalue weighted by atomic mass is 10.0. The zero-order valence-corrected chi connectivity index (χ0v) is 30.9. The number of benzene rings is 7. The Hall–Kier alpha value is -7.05. The Balaban J connectivity index is 1.21. The van der Waals surface area contributed by atoms with E-state index >= 15 is 0 Å². The van der Waals surface area contributed by atoms with Crippen molar-refractivity contribution in [2.75, 3.05) is 0 Å². The Labute approximate surface area is 327 Å². The van der Waals surface area contributed by atoms with Crippen LogP contribution in [0, 0.1) is 0 Å². The number of phenols is 1. The third kappa shape index (κ3) is 10.1. The van der Waals surface area contributed by atoms with E-state index in [4.69, 9.17) is 18.9 Å². The van der Waals surface area contributed by atoms with Gasteiger partial charge in [-0.3, -0.25) is 4.79 Å². The molecule has 0 radical (unpaired) electrons. The average Bonchev–Trinajstić information content (AvgIpc) is 3.25. The van der Waals surface area contributed by atoms with Gasteiger partial charge < -0.3 is 24.1 Å². The van der Waals surface area contributed by atoms with E-state index in [1.54, 1.807) is 12.1 Å². The summed E-state index contributed by atoms with van der Waals surface area (Å²) in [5.41, 5.74) is 6.15. The molecule has 0 atom stereocenters. The molecule has 0 unspecified atom stereocenters. The molecule has 0 amide bonds. The van der Waals surface area contributed by atoms with Gasteiger partial charge in [0.1, 0.15) is 49.2 Å². The lowest BCUT2D eigenvalue weighted by Gasteiger charge is -2.19. The van der Waals surface area contributed by atoms with Crippen LogP contribution in [-0.2, 0) is 32.8 Å². The molecule has 56 heavy (non-hydrogen) atoms. The second kappa shape index (κ2) is 18.8. The highest BCUT2D eigenvalue weighted by Crippen LogP contribution is 2.41. The van der Waals surface area contributed by atoms with Crippen LogP contribution < -0.4 is 18.9 Å². The first-order valence-corrected chi connectivity index (χ1v) is 18.5. The van der Waals surface area contributed by atoms with Crippen molar-refractivity contribution in [3.05, 3.63) is 227 Å². The largest absolute Gasteiger partial charge is 0.507 e. The number of hydrogen-bond donors (Lipinski definition) is 1. The lowest BCUT2D eigenvalue weighted by molar-refractivity contribution is 0.104. The van der Waals surface area contributed by atoms with E-state index in [0.29, 0.717) is 48.0 Å². The lowest BCUT2D eigenvalue weighted by Crippen LogP contribution is -2.08. The van der Waals surface area contributed by atoms with E-state index in [0.717, 1.165) is 27.8 Å². The van der Waals surface area contributed by atoms with E-state index in [9.17, 15) is 9.90 Å². The molecule has 0 saturated heterocycles. The predicted molar refractivity (Wildman–Crippen MR) is 220 cm³/mol. The van der Waals surface area contributed by atoms with Crippen LogP contribution in [0.4, 0.5) is 0 Å². The van der Waals surface area contributed by atoms with Gasteiger partial charge in [-0.1, -0.05) is 164 Å². The van der Waals surface area contributed by atoms with Crippen molar-refractivity contribution in [3.8, 4) is 28.7 Å². The van der Waals surface area contributed by atoms with Gasteiger partial charge in [0, 0.05) is 18.1 Å². The van der Waals surface area contributed by atoms with Gasteiger partial charge in [-0.25, -0.2) is 0 Å². The topological polar surface area (TPSA) is 74.2 Å². The molecule has 7 aromatic rings. The average molecular weight is 740 g/mol. The molecule has 0 aliphatic heterocycles. The molecule has 7 rings (SSSR count). The minimum Gasteiger partial charge on any atom is -0.507 e. The monoisotopic (exact) mass is 739 g/mol. The number of rotatable bonds is 17. The van der Waals surface area contributed by atoms with Crippen LogP contribution in [0.5, 0.6) is 28.7 Å². The highest BCUT2D eigenvalue weighted by molar-refractivity contribution is 6.11. The minimum atomic E-state index is -0.425. The fourth-order valence-electron chi connectivity index (χ4n) is 6.17. The molecular formula is C50H42O6. The van der Waals surface area contributed by atoms with Crippen LogP contribution in [0.25, 0.3) is 6.08 Å². The smallest absolute Gasteiger partial charge is 0.193 e. The second-order valence-corrected chi connectivity index (χ2v) is 13.2. The zero-order chi connectivity index (χ0) is 38.4. The summed E-state index contributed by atoms with van der Waals surface area (Å²) in [4.78, 5) is 14.3. The summed E-state index contributed by atoms with van der Waals surface area (Å²) >= 11 is 0. The molecular weight excluding hydrogens is 698 g/mol. The van der Waals surface area contributed by atoms with Crippen LogP contribution in [-0.4, -0.2) is 10.9 Å². The number of aromatic hydroxyl groups is 1. The van der Waals surface area contributed by atoms with Crippen molar-refractivity contribution >= 4 is 11.9 Å². The maximum atomic E-state index is 14.3. The van der Waals surface area contributed by atoms with E-state index in [1.807, 2.05) is 170 Å². The number of phenolic OH excluding ortho intramolecular Hbond substituents is 1. The molecule has 0 heterocycles. The first-order chi connectivity index (χ1) is 27.6. The van der Waals surface area contributed by atoms with Crippen molar-refractivity contribution in [2.24, 2.45) is 0 Å². The second-order valence-electron chi connectivity index (χ2n) is 13.2. The van der Waals surface area contributed by atoms with E-state index in [1.165, 1.54) is 6.08 Å². The molecule has 0 aliphatic carbocycles. The van der Waals surface area contributed by atoms with Crippen LogP contribution in [0.15, 0.2) is 182 Å². The first kappa shape index (κ1) is 37.3. The Kier molecular flexibility index (Phi) is 12.5. The van der Waals surface area contributed by atoms with Gasteiger partial charge in [0.05, 0.1) is 0 Å². The summed E-state index contributed by atoms with van der Waals surface area (Å²) in [5, 5.41) is 12.0. The van der Waals surface area contributed by atoms with Gasteiger partial charge in [-0.05, 0) is 51.6 Å². The zero-order valence-electron chi connectivity index (χ0n) is 30.9.